The number of H-pyrrole nitrogens is 2. The minimum Gasteiger partial charge on any atom is -0.324 e. The largest absolute Gasteiger partial charge is 0.324 e. The van der Waals surface area contributed by atoms with Gasteiger partial charge in [0.1, 0.15) is 28.9 Å². The summed E-state index contributed by atoms with van der Waals surface area (Å²) in [7, 11) is 0. The molecule has 0 fully saturated rings. The summed E-state index contributed by atoms with van der Waals surface area (Å²) in [5.41, 5.74) is 9.80. The number of hydrogen-bond acceptors (Lipinski definition) is 7. The number of hydrogen-bond donors (Lipinski definition) is 2. The first kappa shape index (κ1) is 33.7. The molecule has 8 bridgehead atoms. The highest BCUT2D eigenvalue weighted by molar-refractivity contribution is 6.07. The molecule has 0 unspecified atom stereocenters. The van der Waals surface area contributed by atoms with Gasteiger partial charge >= 0.3 is 0 Å². The number of nitrogens with zero attached hydrogens (tertiary/aromatic N) is 6. The zero-order valence-electron chi connectivity index (χ0n) is 32.1. The lowest BCUT2D eigenvalue weighted by Gasteiger charge is -2.19. The van der Waals surface area contributed by atoms with Gasteiger partial charge in [-0.2, -0.15) is 0 Å². The second kappa shape index (κ2) is 11.5. The number of rotatable bonds is 1. The van der Waals surface area contributed by atoms with Crippen LogP contribution in [0.1, 0.15) is 89.4 Å². The molecule has 2 aliphatic heterocycles. The fourth-order valence-electron chi connectivity index (χ4n) is 7.28. The molecule has 0 spiro atoms. The van der Waals surface area contributed by atoms with Gasteiger partial charge in [0, 0.05) is 49.4 Å². The Labute approximate surface area is 313 Å². The average Bonchev–Trinajstić information content (AvgIpc) is 3.84. The van der Waals surface area contributed by atoms with Gasteiger partial charge in [0.25, 0.3) is 0 Å². The van der Waals surface area contributed by atoms with E-state index in [1.165, 1.54) is 16.7 Å². The second-order valence-corrected chi connectivity index (χ2v) is 17.6. The Morgan fingerprint density at radius 1 is 0.407 bits per heavy atom. The van der Waals surface area contributed by atoms with Crippen molar-refractivity contribution in [1.29, 1.82) is 0 Å². The summed E-state index contributed by atoms with van der Waals surface area (Å²) < 4.78 is 0. The van der Waals surface area contributed by atoms with Crippen LogP contribution in [0.4, 0.5) is 0 Å². The third kappa shape index (κ3) is 5.49. The topological polar surface area (TPSA) is 126 Å². The van der Waals surface area contributed by atoms with Crippen LogP contribution in [0.2, 0.25) is 0 Å². The van der Waals surface area contributed by atoms with Crippen molar-refractivity contribution in [2.45, 2.75) is 78.6 Å². The summed E-state index contributed by atoms with van der Waals surface area (Å²) in [5, 5.41) is 3.46. The van der Waals surface area contributed by atoms with Crippen molar-refractivity contribution in [1.82, 2.24) is 39.9 Å². The van der Waals surface area contributed by atoms with Gasteiger partial charge in [0.2, 0.25) is 0 Å². The molecular weight excluding hydrogens is 669 g/mol. The lowest BCUT2D eigenvalue weighted by Crippen LogP contribution is -2.10. The van der Waals surface area contributed by atoms with E-state index >= 15 is 0 Å². The average molecular weight is 711 g/mol. The first-order valence-electron chi connectivity index (χ1n) is 18.4. The molecule has 9 rings (SSSR count). The van der Waals surface area contributed by atoms with Crippen molar-refractivity contribution in [2.75, 3.05) is 0 Å². The van der Waals surface area contributed by atoms with Gasteiger partial charge in [0.05, 0.1) is 0 Å². The molecule has 0 amide bonds. The van der Waals surface area contributed by atoms with Crippen molar-refractivity contribution in [3.05, 3.63) is 95.1 Å². The molecule has 7 aromatic rings. The summed E-state index contributed by atoms with van der Waals surface area (Å²) in [6.07, 6.45) is 0.844. The van der Waals surface area contributed by atoms with Crippen LogP contribution in [0.25, 0.3) is 89.7 Å². The first-order chi connectivity index (χ1) is 25.5. The first-order valence-corrected chi connectivity index (χ1v) is 18.4. The summed E-state index contributed by atoms with van der Waals surface area (Å²) in [5.74, 6) is 2.18. The fourth-order valence-corrected chi connectivity index (χ4v) is 7.28. The fraction of sp³-hybridized carbons (Fsp3) is 0.267. The Bertz CT molecular complexity index is 2910. The lowest BCUT2D eigenvalue weighted by molar-refractivity contribution is 0.112. The van der Waals surface area contributed by atoms with Gasteiger partial charge in [-0.15, -0.1) is 0 Å². The van der Waals surface area contributed by atoms with Crippen LogP contribution in [0.3, 0.4) is 0 Å². The van der Waals surface area contributed by atoms with Crippen LogP contribution < -0.4 is 0 Å². The quantitative estimate of drug-likeness (QED) is 0.162. The molecular formula is C45H42N8O. The van der Waals surface area contributed by atoms with Crippen molar-refractivity contribution in [3.8, 4) is 45.6 Å². The number of benzene rings is 4. The molecule has 2 N–H and O–H groups in total. The van der Waals surface area contributed by atoms with Gasteiger partial charge < -0.3 is 9.97 Å². The number of carbonyl (C=O) groups excluding carboxylic acids is 1. The van der Waals surface area contributed by atoms with Crippen molar-refractivity contribution in [3.63, 3.8) is 0 Å². The summed E-state index contributed by atoms with van der Waals surface area (Å²) in [4.78, 5) is 50.1. The normalized spacial score (nSPS) is 13.0. The number of fused-ring (bicyclic) bond motifs is 20. The highest BCUT2D eigenvalue weighted by Crippen LogP contribution is 2.40. The van der Waals surface area contributed by atoms with E-state index < -0.39 is 0 Å². The third-order valence-electron chi connectivity index (χ3n) is 10.6. The van der Waals surface area contributed by atoms with E-state index in [2.05, 4.69) is 127 Å². The molecule has 9 heteroatoms. The Morgan fingerprint density at radius 2 is 0.778 bits per heavy atom. The summed E-state index contributed by atoms with van der Waals surface area (Å²) in [6, 6.07) is 24.9. The number of aldehydes is 1. The highest BCUT2D eigenvalue weighted by atomic mass is 16.1. The van der Waals surface area contributed by atoms with Gasteiger partial charge in [-0.1, -0.05) is 105 Å². The second-order valence-electron chi connectivity index (χ2n) is 17.6. The number of aromatic nitrogens is 8. The minimum absolute atomic E-state index is 0.0847. The van der Waals surface area contributed by atoms with Crippen LogP contribution in [0.15, 0.2) is 72.8 Å². The Balaban J connectivity index is 1.47. The van der Waals surface area contributed by atoms with Crippen LogP contribution in [-0.2, 0) is 16.2 Å². The van der Waals surface area contributed by atoms with Gasteiger partial charge in [-0.05, 0) is 63.3 Å². The molecule has 4 aromatic carbocycles. The van der Waals surface area contributed by atoms with Crippen molar-refractivity contribution < 1.29 is 4.79 Å². The van der Waals surface area contributed by atoms with Gasteiger partial charge in [-0.3, -0.25) is 4.79 Å². The maximum Gasteiger partial charge on any atom is 0.164 e. The maximum atomic E-state index is 12.0. The zero-order valence-corrected chi connectivity index (χ0v) is 32.1. The number of nitrogens with one attached hydrogen (secondary N) is 2. The molecule has 3 aromatic heterocycles. The van der Waals surface area contributed by atoms with Gasteiger partial charge in [-0.25, -0.2) is 29.9 Å². The molecule has 0 atom stereocenters. The predicted octanol–water partition coefficient (Wildman–Crippen LogP) is 10.6. The maximum absolute atomic E-state index is 12.0. The Hall–Kier alpha value is -6.09. The highest BCUT2D eigenvalue weighted by Gasteiger charge is 2.26. The molecule has 9 nitrogen and oxygen atoms in total. The molecule has 268 valence electrons. The Kier molecular flexibility index (Phi) is 7.15. The van der Waals surface area contributed by atoms with E-state index in [-0.39, 0.29) is 16.2 Å². The monoisotopic (exact) mass is 710 g/mol. The molecule has 54 heavy (non-hydrogen) atoms. The summed E-state index contributed by atoms with van der Waals surface area (Å²) in [6.45, 7) is 19.8. The number of aromatic amines is 2. The van der Waals surface area contributed by atoms with Crippen LogP contribution >= 0.6 is 0 Å². The SMILES string of the molecule is CC(C)(C)c1ccc2c(c1)-c1nc-2nc2[nH]c(nc3nc(nc4[nH]c(n1)c1ccc(C(C)(C)C)cc41)-c1cc(C(C)(C)C)ccc1-3)c1cc(C=O)ccc21. The molecule has 0 saturated carbocycles. The molecule has 0 aliphatic carbocycles. The van der Waals surface area contributed by atoms with Crippen LogP contribution in [-0.4, -0.2) is 46.2 Å². The number of carbonyl (C=O) groups is 1. The van der Waals surface area contributed by atoms with E-state index in [1.54, 1.807) is 6.07 Å². The lowest BCUT2D eigenvalue weighted by atomic mass is 9.85. The molecule has 0 radical (unpaired) electrons. The van der Waals surface area contributed by atoms with Gasteiger partial charge in [0.15, 0.2) is 23.3 Å². The molecule has 2 aliphatic rings. The van der Waals surface area contributed by atoms with E-state index in [9.17, 15) is 4.79 Å². The zero-order chi connectivity index (χ0) is 37.9. The minimum atomic E-state index is -0.0970. The predicted molar refractivity (Wildman–Crippen MR) is 218 cm³/mol. The summed E-state index contributed by atoms with van der Waals surface area (Å²) >= 11 is 0. The van der Waals surface area contributed by atoms with E-state index in [4.69, 9.17) is 29.9 Å². The molecule has 0 saturated heterocycles. The van der Waals surface area contributed by atoms with Crippen LogP contribution in [0, 0.1) is 0 Å². The standard InChI is InChI=1S/C45H42N8O/c1-43(2,3)24-11-15-28-32(19-24)40-49-36(28)46-35-27-14-10-23(22-54)18-31(27)39(47-35)48-37-29-16-12-25(44(4,5)6)20-33(29)41(51-37)53-42-34-21-26(45(7,8)9)13-17-30(34)38(50-40)52-42/h10-22H,1-9H3,(H2,46,47,48,49,50,51,52,53). The molecule has 5 heterocycles. The van der Waals surface area contributed by atoms with E-state index in [1.807, 2.05) is 12.1 Å². The van der Waals surface area contributed by atoms with E-state index in [0.717, 1.165) is 50.1 Å². The Morgan fingerprint density at radius 3 is 1.22 bits per heavy atom. The third-order valence-corrected chi connectivity index (χ3v) is 10.6. The van der Waals surface area contributed by atoms with Crippen molar-refractivity contribution >= 4 is 50.4 Å². The van der Waals surface area contributed by atoms with Crippen molar-refractivity contribution in [2.24, 2.45) is 0 Å². The smallest absolute Gasteiger partial charge is 0.164 e. The van der Waals surface area contributed by atoms with E-state index in [0.29, 0.717) is 51.4 Å². The van der Waals surface area contributed by atoms with Crippen LogP contribution in [0.5, 0.6) is 0 Å².